The van der Waals surface area contributed by atoms with Crippen molar-refractivity contribution in [3.05, 3.63) is 149 Å². The Balaban J connectivity index is 0.000000470. The molecule has 0 aliphatic rings. The lowest BCUT2D eigenvalue weighted by Gasteiger charge is -2.21. The molecular formula is C43H57NO3. The number of aryl methyl sites for hydroxylation is 2. The van der Waals surface area contributed by atoms with E-state index in [2.05, 4.69) is 92.2 Å². The maximum absolute atomic E-state index is 12.4. The first-order valence-corrected chi connectivity index (χ1v) is 16.3. The molecule has 0 aliphatic carbocycles. The Kier molecular flexibility index (Phi) is 16.6. The van der Waals surface area contributed by atoms with Gasteiger partial charge in [-0.1, -0.05) is 112 Å². The van der Waals surface area contributed by atoms with Crippen LogP contribution in [-0.4, -0.2) is 17.5 Å². The van der Waals surface area contributed by atoms with Crippen LogP contribution >= 0.6 is 0 Å². The maximum Gasteiger partial charge on any atom is 0.339 e. The van der Waals surface area contributed by atoms with Crippen molar-refractivity contribution in [1.82, 2.24) is 5.32 Å². The van der Waals surface area contributed by atoms with Gasteiger partial charge in [-0.05, 0) is 119 Å². The fourth-order valence-corrected chi connectivity index (χ4v) is 4.32. The van der Waals surface area contributed by atoms with Gasteiger partial charge in [0.25, 0.3) is 5.91 Å². The van der Waals surface area contributed by atoms with Gasteiger partial charge in [-0.15, -0.1) is 0 Å². The van der Waals surface area contributed by atoms with Gasteiger partial charge in [0.05, 0.1) is 5.57 Å². The van der Waals surface area contributed by atoms with Gasteiger partial charge in [-0.3, -0.25) is 4.79 Å². The standard InChI is InChI=1S/C22H32O2.C21H25NO/c1-10-12-20(21(23)24-22(7,8)9)19(6)18(5)14-13-17(4)15-16(3)11-2;1-14(2)17(5)20-12-19(11-8-16(20)4)21(23)22-13-18-9-6-15(3)7-10-18/h10,12-14,16H,1,4-6,11,15H2,2-3,7-9H3;6-12H,13H2,1-5H3,(H,22,23)/b14-13-,20-12+;. The lowest BCUT2D eigenvalue weighted by Crippen LogP contribution is -2.25. The Morgan fingerprint density at radius 1 is 0.957 bits per heavy atom. The SMILES string of the molecule is C=C/C=C(\C(=C)C(=C)/C=C\C(=C)CC(C)CC)C(=O)OC(C)(C)C.CC(C)=C(C)c1cc(C(=O)NCc2ccc(C)cc2)ccc1C. The molecule has 2 rings (SSSR count). The summed E-state index contributed by atoms with van der Waals surface area (Å²) in [6.07, 6.45) is 8.97. The summed E-state index contributed by atoms with van der Waals surface area (Å²) < 4.78 is 5.42. The van der Waals surface area contributed by atoms with Crippen molar-refractivity contribution >= 4 is 17.4 Å². The lowest BCUT2D eigenvalue weighted by atomic mass is 9.96. The molecular weight excluding hydrogens is 578 g/mol. The number of esters is 1. The number of carbonyl (C=O) groups is 2. The molecule has 47 heavy (non-hydrogen) atoms. The van der Waals surface area contributed by atoms with E-state index in [1.54, 1.807) is 12.2 Å². The molecule has 0 heterocycles. The summed E-state index contributed by atoms with van der Waals surface area (Å²) in [6, 6.07) is 14.1. The molecule has 0 saturated carbocycles. The number of hydrogen-bond acceptors (Lipinski definition) is 3. The minimum Gasteiger partial charge on any atom is -0.456 e. The molecule has 0 fully saturated rings. The Morgan fingerprint density at radius 3 is 2.11 bits per heavy atom. The van der Waals surface area contributed by atoms with Crippen LogP contribution in [0.5, 0.6) is 0 Å². The average Bonchev–Trinajstić information content (AvgIpc) is 3.00. The quantitative estimate of drug-likeness (QED) is 0.135. The monoisotopic (exact) mass is 635 g/mol. The molecule has 1 atom stereocenters. The summed E-state index contributed by atoms with van der Waals surface area (Å²) in [7, 11) is 0. The Morgan fingerprint density at radius 2 is 1.57 bits per heavy atom. The number of ether oxygens (including phenoxy) is 1. The minimum atomic E-state index is -0.570. The lowest BCUT2D eigenvalue weighted by molar-refractivity contribution is -0.149. The molecule has 4 heteroatoms. The van der Waals surface area contributed by atoms with Gasteiger partial charge in [0.1, 0.15) is 5.60 Å². The molecule has 2 aromatic carbocycles. The Labute approximate surface area is 285 Å². The molecule has 1 amide bonds. The number of rotatable bonds is 13. The molecule has 2 aromatic rings. The zero-order chi connectivity index (χ0) is 35.9. The highest BCUT2D eigenvalue weighted by atomic mass is 16.6. The van der Waals surface area contributed by atoms with Crippen molar-refractivity contribution in [3.8, 4) is 0 Å². The third-order valence-corrected chi connectivity index (χ3v) is 7.67. The summed E-state index contributed by atoms with van der Waals surface area (Å²) >= 11 is 0. The van der Waals surface area contributed by atoms with Gasteiger partial charge >= 0.3 is 5.97 Å². The second-order valence-corrected chi connectivity index (χ2v) is 13.4. The predicted molar refractivity (Wildman–Crippen MR) is 202 cm³/mol. The van der Waals surface area contributed by atoms with Crippen LogP contribution in [0, 0.1) is 19.8 Å². The van der Waals surface area contributed by atoms with Crippen molar-refractivity contribution in [1.29, 1.82) is 0 Å². The van der Waals surface area contributed by atoms with Crippen molar-refractivity contribution in [2.45, 2.75) is 94.2 Å². The van der Waals surface area contributed by atoms with E-state index in [0.29, 0.717) is 34.7 Å². The van der Waals surface area contributed by atoms with E-state index in [-0.39, 0.29) is 5.91 Å². The Hall–Kier alpha value is -4.44. The third-order valence-electron chi connectivity index (χ3n) is 7.67. The normalized spacial score (nSPS) is 11.9. The zero-order valence-corrected chi connectivity index (χ0v) is 30.6. The van der Waals surface area contributed by atoms with Crippen LogP contribution < -0.4 is 5.32 Å². The first kappa shape index (κ1) is 40.6. The predicted octanol–water partition coefficient (Wildman–Crippen LogP) is 11.1. The van der Waals surface area contributed by atoms with E-state index in [1.807, 2.05) is 63.3 Å². The van der Waals surface area contributed by atoms with E-state index in [9.17, 15) is 9.59 Å². The molecule has 1 N–H and O–H groups in total. The molecule has 0 saturated heterocycles. The Bertz CT molecular complexity index is 1530. The highest BCUT2D eigenvalue weighted by molar-refractivity contribution is 5.96. The molecule has 4 nitrogen and oxygen atoms in total. The van der Waals surface area contributed by atoms with Gasteiger partial charge < -0.3 is 10.1 Å². The molecule has 0 bridgehead atoms. The van der Waals surface area contributed by atoms with Crippen LogP contribution in [0.25, 0.3) is 5.57 Å². The number of amides is 1. The van der Waals surface area contributed by atoms with Crippen molar-refractivity contribution in [3.63, 3.8) is 0 Å². The van der Waals surface area contributed by atoms with Crippen LogP contribution in [0.15, 0.2) is 121 Å². The molecule has 0 spiro atoms. The smallest absolute Gasteiger partial charge is 0.339 e. The largest absolute Gasteiger partial charge is 0.456 e. The summed E-state index contributed by atoms with van der Waals surface area (Å²) in [6.45, 7) is 36.5. The fourth-order valence-electron chi connectivity index (χ4n) is 4.32. The summed E-state index contributed by atoms with van der Waals surface area (Å²) in [4.78, 5) is 24.7. The van der Waals surface area contributed by atoms with E-state index < -0.39 is 11.6 Å². The number of benzene rings is 2. The summed E-state index contributed by atoms with van der Waals surface area (Å²) in [5.41, 5.74) is 9.88. The average molecular weight is 636 g/mol. The van der Waals surface area contributed by atoms with Gasteiger partial charge in [0.2, 0.25) is 0 Å². The number of allylic oxidation sites excluding steroid dienone is 8. The summed E-state index contributed by atoms with van der Waals surface area (Å²) in [5, 5.41) is 2.99. The van der Waals surface area contributed by atoms with E-state index >= 15 is 0 Å². The topological polar surface area (TPSA) is 55.4 Å². The fraction of sp³-hybridized carbons (Fsp3) is 0.349. The van der Waals surface area contributed by atoms with Crippen molar-refractivity contribution in [2.75, 3.05) is 0 Å². The second-order valence-electron chi connectivity index (χ2n) is 13.4. The number of hydrogen-bond donors (Lipinski definition) is 1. The highest BCUT2D eigenvalue weighted by Crippen LogP contribution is 2.24. The second kappa shape index (κ2) is 19.3. The van der Waals surface area contributed by atoms with Crippen LogP contribution in [0.2, 0.25) is 0 Å². The summed E-state index contributed by atoms with van der Waals surface area (Å²) in [5.74, 6) is 0.130. The van der Waals surface area contributed by atoms with Crippen molar-refractivity contribution < 1.29 is 14.3 Å². The highest BCUT2D eigenvalue weighted by Gasteiger charge is 2.22. The van der Waals surface area contributed by atoms with Crippen LogP contribution in [0.1, 0.15) is 101 Å². The van der Waals surface area contributed by atoms with E-state index in [4.69, 9.17) is 4.74 Å². The van der Waals surface area contributed by atoms with Crippen LogP contribution in [-0.2, 0) is 16.1 Å². The van der Waals surface area contributed by atoms with E-state index in [1.165, 1.54) is 22.3 Å². The maximum atomic E-state index is 12.4. The molecule has 0 radical (unpaired) electrons. The van der Waals surface area contributed by atoms with Gasteiger partial charge in [-0.2, -0.15) is 0 Å². The first-order valence-electron chi connectivity index (χ1n) is 16.3. The van der Waals surface area contributed by atoms with Gasteiger partial charge in [0.15, 0.2) is 0 Å². The van der Waals surface area contributed by atoms with Crippen molar-refractivity contribution in [2.24, 2.45) is 5.92 Å². The third kappa shape index (κ3) is 14.7. The molecule has 0 aliphatic heterocycles. The van der Waals surface area contributed by atoms with Gasteiger partial charge in [0, 0.05) is 12.1 Å². The van der Waals surface area contributed by atoms with E-state index in [0.717, 1.165) is 29.5 Å². The first-order chi connectivity index (χ1) is 21.9. The molecule has 252 valence electrons. The molecule has 0 aromatic heterocycles. The number of nitrogens with one attached hydrogen (secondary N) is 1. The number of carbonyl (C=O) groups excluding carboxylic acids is 2. The van der Waals surface area contributed by atoms with Crippen LogP contribution in [0.4, 0.5) is 0 Å². The molecule has 1 unspecified atom stereocenters. The zero-order valence-electron chi connectivity index (χ0n) is 30.6. The van der Waals surface area contributed by atoms with Gasteiger partial charge in [-0.25, -0.2) is 4.79 Å². The van der Waals surface area contributed by atoms with Crippen LogP contribution in [0.3, 0.4) is 0 Å². The minimum absolute atomic E-state index is 0.0339.